The van der Waals surface area contributed by atoms with Crippen LogP contribution in [-0.2, 0) is 13.6 Å². The number of anilines is 1. The van der Waals surface area contributed by atoms with Crippen LogP contribution in [0.3, 0.4) is 0 Å². The Morgan fingerprint density at radius 3 is 2.52 bits per heavy atom. The molecule has 27 heavy (non-hydrogen) atoms. The number of hydrogen-bond donors (Lipinski definition) is 1. The van der Waals surface area contributed by atoms with Gasteiger partial charge in [0.15, 0.2) is 0 Å². The van der Waals surface area contributed by atoms with Crippen LogP contribution in [0.5, 0.6) is 0 Å². The first-order valence-corrected chi connectivity index (χ1v) is 8.53. The van der Waals surface area contributed by atoms with Crippen LogP contribution in [0.1, 0.15) is 21.5 Å². The molecule has 1 amide bonds. The molecule has 4 aromatic rings. The minimum Gasteiger partial charge on any atom is -0.342 e. The van der Waals surface area contributed by atoms with Crippen molar-refractivity contribution in [3.05, 3.63) is 83.8 Å². The molecule has 2 heterocycles. The number of fused-ring (bicyclic) bond motifs is 1. The van der Waals surface area contributed by atoms with Crippen molar-refractivity contribution in [2.75, 3.05) is 5.32 Å². The van der Waals surface area contributed by atoms with E-state index in [0.29, 0.717) is 11.3 Å². The van der Waals surface area contributed by atoms with E-state index in [4.69, 9.17) is 0 Å². The fourth-order valence-electron chi connectivity index (χ4n) is 3.13. The maximum absolute atomic E-state index is 12.8. The average Bonchev–Trinajstić information content (AvgIpc) is 3.21. The quantitative estimate of drug-likeness (QED) is 0.570. The highest BCUT2D eigenvalue weighted by atomic mass is 35.5. The van der Waals surface area contributed by atoms with Crippen molar-refractivity contribution in [1.82, 2.24) is 14.3 Å². The van der Waals surface area contributed by atoms with Crippen LogP contribution in [0.15, 0.2) is 67.1 Å². The van der Waals surface area contributed by atoms with Gasteiger partial charge in [-0.1, -0.05) is 48.0 Å². The van der Waals surface area contributed by atoms with E-state index in [1.54, 1.807) is 17.1 Å². The Bertz CT molecular complexity index is 1080. The first-order valence-electron chi connectivity index (χ1n) is 8.53. The molecule has 6 heteroatoms. The summed E-state index contributed by atoms with van der Waals surface area (Å²) in [5.41, 5.74) is 4.84. The number of amides is 1. The summed E-state index contributed by atoms with van der Waals surface area (Å²) in [5.74, 6) is -0.128. The van der Waals surface area contributed by atoms with Crippen molar-refractivity contribution < 1.29 is 4.79 Å². The first-order chi connectivity index (χ1) is 12.6. The number of aryl methyl sites for hydroxylation is 2. The highest BCUT2D eigenvalue weighted by Gasteiger charge is 2.15. The highest BCUT2D eigenvalue weighted by Crippen LogP contribution is 2.23. The number of carbonyl (C=O) groups is 1. The predicted molar refractivity (Wildman–Crippen MR) is 111 cm³/mol. The Hall–Kier alpha value is -3.05. The van der Waals surface area contributed by atoms with E-state index in [1.165, 1.54) is 11.1 Å². The lowest BCUT2D eigenvalue weighted by atomic mass is 10.1. The molecule has 1 N–H and O–H groups in total. The number of halogens is 1. The van der Waals surface area contributed by atoms with Gasteiger partial charge < -0.3 is 9.88 Å². The van der Waals surface area contributed by atoms with Gasteiger partial charge in [0.1, 0.15) is 0 Å². The standard InChI is InChI=1S/C21H20N4O.ClH/c1-15-7-9-16(10-8-15)12-25-14-19(18-5-3-4-6-20(18)25)21(26)23-17-11-22-24(2)13-17;/h3-11,13-14H,12H2,1-2H3,(H,23,26);1H. The molecule has 4 rings (SSSR count). The van der Waals surface area contributed by atoms with Crippen LogP contribution in [0, 0.1) is 6.92 Å². The number of carbonyl (C=O) groups excluding carboxylic acids is 1. The van der Waals surface area contributed by atoms with E-state index >= 15 is 0 Å². The molecule has 0 bridgehead atoms. The molecule has 0 unspecified atom stereocenters. The van der Waals surface area contributed by atoms with Gasteiger partial charge >= 0.3 is 0 Å². The van der Waals surface area contributed by atoms with Gasteiger partial charge in [0.2, 0.25) is 0 Å². The van der Waals surface area contributed by atoms with Crippen LogP contribution in [-0.4, -0.2) is 20.3 Å². The molecule has 0 fully saturated rings. The van der Waals surface area contributed by atoms with Gasteiger partial charge in [-0.3, -0.25) is 9.48 Å². The summed E-state index contributed by atoms with van der Waals surface area (Å²) in [6.07, 6.45) is 5.35. The number of nitrogens with one attached hydrogen (secondary N) is 1. The lowest BCUT2D eigenvalue weighted by molar-refractivity contribution is 0.102. The van der Waals surface area contributed by atoms with Gasteiger partial charge in [0.25, 0.3) is 5.91 Å². The lowest BCUT2D eigenvalue weighted by Gasteiger charge is -2.06. The van der Waals surface area contributed by atoms with Crippen molar-refractivity contribution in [2.45, 2.75) is 13.5 Å². The lowest BCUT2D eigenvalue weighted by Crippen LogP contribution is -2.11. The predicted octanol–water partition coefficient (Wildman–Crippen LogP) is 4.41. The zero-order chi connectivity index (χ0) is 18.1. The maximum Gasteiger partial charge on any atom is 0.257 e. The molecule has 0 aliphatic carbocycles. The number of aromatic nitrogens is 3. The zero-order valence-corrected chi connectivity index (χ0v) is 16.0. The van der Waals surface area contributed by atoms with Crippen molar-refractivity contribution in [3.8, 4) is 0 Å². The highest BCUT2D eigenvalue weighted by molar-refractivity contribution is 6.12. The SMILES string of the molecule is Cc1ccc(Cn2cc(C(=O)Nc3cnn(C)c3)c3ccccc32)cc1.Cl. The van der Waals surface area contributed by atoms with Crippen LogP contribution in [0.2, 0.25) is 0 Å². The smallest absolute Gasteiger partial charge is 0.257 e. The summed E-state index contributed by atoms with van der Waals surface area (Å²) in [6, 6.07) is 16.5. The Labute approximate surface area is 164 Å². The molecule has 0 saturated carbocycles. The molecular weight excluding hydrogens is 360 g/mol. The van der Waals surface area contributed by atoms with Crippen LogP contribution in [0.4, 0.5) is 5.69 Å². The van der Waals surface area contributed by atoms with Gasteiger partial charge in [-0.05, 0) is 18.6 Å². The Balaban J connectivity index is 0.00000210. The van der Waals surface area contributed by atoms with Crippen molar-refractivity contribution >= 4 is 34.9 Å². The van der Waals surface area contributed by atoms with Gasteiger partial charge in [-0.2, -0.15) is 5.10 Å². The van der Waals surface area contributed by atoms with Crippen molar-refractivity contribution in [3.63, 3.8) is 0 Å². The Morgan fingerprint density at radius 1 is 1.07 bits per heavy atom. The third-order valence-electron chi connectivity index (χ3n) is 4.47. The number of rotatable bonds is 4. The first kappa shape index (κ1) is 18.7. The van der Waals surface area contributed by atoms with Crippen LogP contribution >= 0.6 is 12.4 Å². The second kappa shape index (κ2) is 7.68. The third kappa shape index (κ3) is 3.88. The summed E-state index contributed by atoms with van der Waals surface area (Å²) >= 11 is 0. The van der Waals surface area contributed by atoms with Crippen molar-refractivity contribution in [1.29, 1.82) is 0 Å². The topological polar surface area (TPSA) is 51.9 Å². The Kier molecular flexibility index (Phi) is 5.33. The maximum atomic E-state index is 12.8. The number of para-hydroxylation sites is 1. The number of hydrogen-bond acceptors (Lipinski definition) is 2. The molecule has 0 saturated heterocycles. The summed E-state index contributed by atoms with van der Waals surface area (Å²) < 4.78 is 3.79. The minimum absolute atomic E-state index is 0. The number of nitrogens with zero attached hydrogens (tertiary/aromatic N) is 3. The fraction of sp³-hybridized carbons (Fsp3) is 0.143. The van der Waals surface area contributed by atoms with E-state index in [-0.39, 0.29) is 18.3 Å². The van der Waals surface area contributed by atoms with Gasteiger partial charge in [-0.15, -0.1) is 12.4 Å². The molecule has 138 valence electrons. The largest absolute Gasteiger partial charge is 0.342 e. The molecule has 2 aromatic heterocycles. The van der Waals surface area contributed by atoms with Gasteiger partial charge in [0, 0.05) is 36.9 Å². The molecule has 0 radical (unpaired) electrons. The molecule has 2 aromatic carbocycles. The Morgan fingerprint density at radius 2 is 1.81 bits per heavy atom. The van der Waals surface area contributed by atoms with Crippen LogP contribution < -0.4 is 5.32 Å². The third-order valence-corrected chi connectivity index (χ3v) is 4.47. The summed E-state index contributed by atoms with van der Waals surface area (Å²) in [5, 5.41) is 7.96. The minimum atomic E-state index is -0.128. The molecular formula is C21H21ClN4O. The summed E-state index contributed by atoms with van der Waals surface area (Å²) in [6.45, 7) is 2.80. The average molecular weight is 381 g/mol. The van der Waals surface area contributed by atoms with E-state index in [9.17, 15) is 4.79 Å². The summed E-state index contributed by atoms with van der Waals surface area (Å²) in [7, 11) is 1.82. The zero-order valence-electron chi connectivity index (χ0n) is 15.2. The molecule has 0 atom stereocenters. The molecule has 0 aliphatic rings. The second-order valence-electron chi connectivity index (χ2n) is 6.53. The normalized spacial score (nSPS) is 10.6. The fourth-order valence-corrected chi connectivity index (χ4v) is 3.13. The molecule has 5 nitrogen and oxygen atoms in total. The molecule has 0 spiro atoms. The van der Waals surface area contributed by atoms with Gasteiger partial charge in [-0.25, -0.2) is 0 Å². The van der Waals surface area contributed by atoms with Crippen LogP contribution in [0.25, 0.3) is 10.9 Å². The molecule has 0 aliphatic heterocycles. The van der Waals surface area contributed by atoms with Gasteiger partial charge in [0.05, 0.1) is 17.4 Å². The van der Waals surface area contributed by atoms with E-state index in [2.05, 4.69) is 46.2 Å². The van der Waals surface area contributed by atoms with E-state index in [1.807, 2.05) is 37.5 Å². The van der Waals surface area contributed by atoms with E-state index in [0.717, 1.165) is 17.4 Å². The van der Waals surface area contributed by atoms with Crippen molar-refractivity contribution in [2.24, 2.45) is 7.05 Å². The van der Waals surface area contributed by atoms with E-state index < -0.39 is 0 Å². The monoisotopic (exact) mass is 380 g/mol. The number of benzene rings is 2. The summed E-state index contributed by atoms with van der Waals surface area (Å²) in [4.78, 5) is 12.8. The second-order valence-corrected chi connectivity index (χ2v) is 6.53.